The Kier molecular flexibility index (Phi) is 5.57. The molecule has 7 N–H and O–H groups in total. The van der Waals surface area contributed by atoms with Crippen molar-refractivity contribution in [2.75, 3.05) is 28.4 Å². The van der Waals surface area contributed by atoms with E-state index in [0.29, 0.717) is 22.6 Å². The standard InChI is InChI=1S/C18H18ClN7O2S/c1-29(27,28)14-5-3-2-4-13(14)24-17-15(19)16(22)25-18(26-17)23-11-7-6-10(9-20)12(21)8-11/h2-9,20H,21H2,1H3,(H4,22,23,24,25,26). The Bertz CT molecular complexity index is 1200. The molecular formula is C18H18ClN7O2S. The molecule has 0 amide bonds. The van der Waals surface area contributed by atoms with E-state index in [9.17, 15) is 8.42 Å². The van der Waals surface area contributed by atoms with Gasteiger partial charge < -0.3 is 27.5 Å². The van der Waals surface area contributed by atoms with Gasteiger partial charge in [-0.3, -0.25) is 0 Å². The summed E-state index contributed by atoms with van der Waals surface area (Å²) in [6, 6.07) is 11.4. The third kappa shape index (κ3) is 4.55. The van der Waals surface area contributed by atoms with Gasteiger partial charge in [-0.15, -0.1) is 0 Å². The average Bonchev–Trinajstić information content (AvgIpc) is 2.65. The largest absolute Gasteiger partial charge is 0.398 e. The van der Waals surface area contributed by atoms with Gasteiger partial charge in [0, 0.05) is 29.4 Å². The Labute approximate surface area is 172 Å². The fourth-order valence-corrected chi connectivity index (χ4v) is 3.51. The molecule has 0 unspecified atom stereocenters. The second-order valence-corrected chi connectivity index (χ2v) is 8.46. The first kappa shape index (κ1) is 20.4. The van der Waals surface area contributed by atoms with E-state index < -0.39 is 9.84 Å². The SMILES string of the molecule is CS(=O)(=O)c1ccccc1Nc1nc(Nc2ccc(C=N)c(N)c2)nc(N)c1Cl. The normalized spacial score (nSPS) is 11.1. The first-order valence-corrected chi connectivity index (χ1v) is 10.5. The number of halogens is 1. The van der Waals surface area contributed by atoms with Crippen LogP contribution in [0.2, 0.25) is 5.02 Å². The summed E-state index contributed by atoms with van der Waals surface area (Å²) in [4.78, 5) is 8.48. The van der Waals surface area contributed by atoms with E-state index in [0.717, 1.165) is 12.5 Å². The minimum atomic E-state index is -3.47. The number of benzene rings is 2. The summed E-state index contributed by atoms with van der Waals surface area (Å²) < 4.78 is 24.0. The van der Waals surface area contributed by atoms with Gasteiger partial charge in [0.15, 0.2) is 15.7 Å². The first-order valence-electron chi connectivity index (χ1n) is 8.25. The van der Waals surface area contributed by atoms with Crippen molar-refractivity contribution in [1.29, 1.82) is 5.41 Å². The van der Waals surface area contributed by atoms with Crippen LogP contribution in [0, 0.1) is 5.41 Å². The van der Waals surface area contributed by atoms with Crippen LogP contribution in [0.15, 0.2) is 47.4 Å². The van der Waals surface area contributed by atoms with Gasteiger partial charge in [-0.1, -0.05) is 23.7 Å². The molecule has 0 bridgehead atoms. The highest BCUT2D eigenvalue weighted by Crippen LogP contribution is 2.32. The highest BCUT2D eigenvalue weighted by Gasteiger charge is 2.16. The maximum atomic E-state index is 12.0. The number of rotatable bonds is 6. The molecule has 1 heterocycles. The predicted octanol–water partition coefficient (Wildman–Crippen LogP) is 3.18. The number of nitrogen functional groups attached to an aromatic ring is 2. The smallest absolute Gasteiger partial charge is 0.231 e. The number of aromatic nitrogens is 2. The molecule has 0 aliphatic heterocycles. The Hall–Kier alpha value is -3.37. The maximum Gasteiger partial charge on any atom is 0.231 e. The van der Waals surface area contributed by atoms with Crippen molar-refractivity contribution in [2.45, 2.75) is 4.90 Å². The van der Waals surface area contributed by atoms with E-state index in [1.54, 1.807) is 36.4 Å². The summed E-state index contributed by atoms with van der Waals surface area (Å²) in [7, 11) is -3.47. The van der Waals surface area contributed by atoms with Gasteiger partial charge >= 0.3 is 0 Å². The summed E-state index contributed by atoms with van der Waals surface area (Å²) in [6.07, 6.45) is 2.26. The van der Waals surface area contributed by atoms with E-state index >= 15 is 0 Å². The molecule has 0 saturated carbocycles. The molecule has 11 heteroatoms. The molecule has 3 rings (SSSR count). The minimum Gasteiger partial charge on any atom is -0.398 e. The number of hydrogen-bond acceptors (Lipinski definition) is 9. The highest BCUT2D eigenvalue weighted by atomic mass is 35.5. The molecular weight excluding hydrogens is 414 g/mol. The average molecular weight is 432 g/mol. The lowest BCUT2D eigenvalue weighted by Gasteiger charge is -2.14. The Morgan fingerprint density at radius 2 is 1.83 bits per heavy atom. The van der Waals surface area contributed by atoms with Crippen molar-refractivity contribution in [3.05, 3.63) is 53.1 Å². The van der Waals surface area contributed by atoms with Crippen LogP contribution in [-0.4, -0.2) is 30.9 Å². The molecule has 0 spiro atoms. The molecule has 0 saturated heterocycles. The van der Waals surface area contributed by atoms with Crippen molar-refractivity contribution in [1.82, 2.24) is 9.97 Å². The van der Waals surface area contributed by atoms with Crippen LogP contribution in [0.25, 0.3) is 0 Å². The van der Waals surface area contributed by atoms with Gasteiger partial charge in [0.1, 0.15) is 10.8 Å². The van der Waals surface area contributed by atoms with E-state index in [1.807, 2.05) is 0 Å². The number of nitrogens with one attached hydrogen (secondary N) is 3. The molecule has 0 radical (unpaired) electrons. The van der Waals surface area contributed by atoms with Crippen LogP contribution in [0.4, 0.5) is 34.6 Å². The fraction of sp³-hybridized carbons (Fsp3) is 0.0556. The van der Waals surface area contributed by atoms with Crippen molar-refractivity contribution in [3.8, 4) is 0 Å². The molecule has 0 fully saturated rings. The number of para-hydroxylation sites is 1. The third-order valence-electron chi connectivity index (χ3n) is 3.91. The van der Waals surface area contributed by atoms with Gasteiger partial charge in [0.05, 0.1) is 10.6 Å². The monoisotopic (exact) mass is 431 g/mol. The minimum absolute atomic E-state index is 0.00703. The molecule has 2 aromatic carbocycles. The lowest BCUT2D eigenvalue weighted by molar-refractivity contribution is 0.602. The molecule has 9 nitrogen and oxygen atoms in total. The van der Waals surface area contributed by atoms with Gasteiger partial charge in [0.2, 0.25) is 5.95 Å². The van der Waals surface area contributed by atoms with Crippen molar-refractivity contribution in [3.63, 3.8) is 0 Å². The first-order chi connectivity index (χ1) is 13.7. The lowest BCUT2D eigenvalue weighted by Crippen LogP contribution is -2.08. The van der Waals surface area contributed by atoms with E-state index in [1.165, 1.54) is 6.07 Å². The van der Waals surface area contributed by atoms with Gasteiger partial charge in [-0.2, -0.15) is 9.97 Å². The topological polar surface area (TPSA) is 160 Å². The van der Waals surface area contributed by atoms with Crippen molar-refractivity contribution >= 4 is 62.3 Å². The van der Waals surface area contributed by atoms with E-state index in [2.05, 4.69) is 20.6 Å². The van der Waals surface area contributed by atoms with Gasteiger partial charge in [0.25, 0.3) is 0 Å². The summed E-state index contributed by atoms with van der Waals surface area (Å²) in [6.45, 7) is 0. The molecule has 150 valence electrons. The van der Waals surface area contributed by atoms with Crippen LogP contribution in [0.3, 0.4) is 0 Å². The fourth-order valence-electron chi connectivity index (χ4n) is 2.54. The molecule has 29 heavy (non-hydrogen) atoms. The summed E-state index contributed by atoms with van der Waals surface area (Å²) in [5.74, 6) is 0.280. The zero-order chi connectivity index (χ0) is 21.2. The second-order valence-electron chi connectivity index (χ2n) is 6.10. The Balaban J connectivity index is 1.97. The summed E-state index contributed by atoms with van der Waals surface area (Å²) >= 11 is 6.21. The molecule has 1 aromatic heterocycles. The summed E-state index contributed by atoms with van der Waals surface area (Å²) in [5.41, 5.74) is 13.6. The van der Waals surface area contributed by atoms with E-state index in [4.69, 9.17) is 28.5 Å². The molecule has 0 aliphatic rings. The van der Waals surface area contributed by atoms with Crippen LogP contribution < -0.4 is 22.1 Å². The number of sulfone groups is 1. The Morgan fingerprint density at radius 1 is 1.10 bits per heavy atom. The number of nitrogens with two attached hydrogens (primary N) is 2. The van der Waals surface area contributed by atoms with Crippen LogP contribution in [0.1, 0.15) is 5.56 Å². The van der Waals surface area contributed by atoms with Crippen LogP contribution in [-0.2, 0) is 9.84 Å². The van der Waals surface area contributed by atoms with Crippen LogP contribution >= 0.6 is 11.6 Å². The Morgan fingerprint density at radius 3 is 2.48 bits per heavy atom. The molecule has 0 atom stereocenters. The van der Waals surface area contributed by atoms with Gasteiger partial charge in [-0.25, -0.2) is 8.42 Å². The third-order valence-corrected chi connectivity index (χ3v) is 5.44. The quantitative estimate of drug-likeness (QED) is 0.293. The highest BCUT2D eigenvalue weighted by molar-refractivity contribution is 7.90. The van der Waals surface area contributed by atoms with Crippen molar-refractivity contribution < 1.29 is 8.42 Å². The number of nitrogens with zero attached hydrogens (tertiary/aromatic N) is 2. The lowest BCUT2D eigenvalue weighted by atomic mass is 10.2. The van der Waals surface area contributed by atoms with Gasteiger partial charge in [-0.05, 0) is 30.3 Å². The number of hydrogen-bond donors (Lipinski definition) is 5. The maximum absolute atomic E-state index is 12.0. The zero-order valence-corrected chi connectivity index (χ0v) is 16.8. The summed E-state index contributed by atoms with van der Waals surface area (Å²) in [5, 5.41) is 13.2. The van der Waals surface area contributed by atoms with E-state index in [-0.39, 0.29) is 27.5 Å². The van der Waals surface area contributed by atoms with Crippen molar-refractivity contribution in [2.24, 2.45) is 0 Å². The second kappa shape index (κ2) is 7.94. The molecule has 3 aromatic rings. The zero-order valence-electron chi connectivity index (χ0n) is 15.3. The number of anilines is 6. The molecule has 0 aliphatic carbocycles. The van der Waals surface area contributed by atoms with Crippen LogP contribution in [0.5, 0.6) is 0 Å². The predicted molar refractivity (Wildman–Crippen MR) is 116 cm³/mol.